The summed E-state index contributed by atoms with van der Waals surface area (Å²) in [5.41, 5.74) is 0.487. The molecule has 0 N–H and O–H groups in total. The minimum atomic E-state index is -0.817. The Morgan fingerprint density at radius 2 is 2.38 bits per heavy atom. The lowest BCUT2D eigenvalue weighted by Crippen LogP contribution is -2.15. The van der Waals surface area contributed by atoms with Crippen molar-refractivity contribution in [2.75, 3.05) is 7.11 Å². The number of rotatable bonds is 2. The van der Waals surface area contributed by atoms with Crippen LogP contribution in [0.2, 0.25) is 0 Å². The highest BCUT2D eigenvalue weighted by Crippen LogP contribution is 2.14. The first-order valence-electron chi connectivity index (χ1n) is 3.61. The van der Waals surface area contributed by atoms with Gasteiger partial charge < -0.3 is 4.74 Å². The van der Waals surface area contributed by atoms with Crippen molar-refractivity contribution >= 4 is 29.7 Å². The van der Waals surface area contributed by atoms with Crippen molar-refractivity contribution in [3.8, 4) is 0 Å². The van der Waals surface area contributed by atoms with E-state index in [9.17, 15) is 4.79 Å². The quantitative estimate of drug-likeness (QED) is 0.443. The minimum Gasteiger partial charge on any atom is -0.469 e. The molecule has 0 bridgehead atoms. The van der Waals surface area contributed by atoms with E-state index in [1.807, 2.05) is 0 Å². The molecule has 0 aliphatic heterocycles. The van der Waals surface area contributed by atoms with E-state index < -0.39 is 11.8 Å². The molecule has 0 aliphatic carbocycles. The van der Waals surface area contributed by atoms with Crippen LogP contribution in [0.25, 0.3) is 0 Å². The Balaban J connectivity index is 2.88. The van der Waals surface area contributed by atoms with Gasteiger partial charge >= 0.3 is 5.97 Å². The Bertz CT molecular complexity index is 319. The van der Waals surface area contributed by atoms with Crippen LogP contribution in [-0.2, 0) is 9.53 Å². The van der Waals surface area contributed by atoms with Crippen LogP contribution >= 0.6 is 15.9 Å². The van der Waals surface area contributed by atoms with Crippen LogP contribution in [0.15, 0.2) is 22.8 Å². The van der Waals surface area contributed by atoms with Gasteiger partial charge in [-0.25, -0.2) is 4.98 Å². The highest BCUT2D eigenvalue weighted by atomic mass is 79.9. The van der Waals surface area contributed by atoms with Gasteiger partial charge in [-0.2, -0.15) is 0 Å². The second-order valence-electron chi connectivity index (χ2n) is 2.39. The Kier molecular flexibility index (Phi) is 3.48. The summed E-state index contributed by atoms with van der Waals surface area (Å²) in [6, 6.07) is 5.19. The molecular formula is C8H7BBrNO2. The number of carbonyl (C=O) groups excluding carboxylic acids is 1. The van der Waals surface area contributed by atoms with E-state index in [0.29, 0.717) is 10.3 Å². The fourth-order valence-corrected chi connectivity index (χ4v) is 1.20. The standard InChI is InChI=1S/C8H7BBrNO2/c1-13-8(12)7(9)5-3-2-4-6(10)11-5/h2-4,7H,1H3. The van der Waals surface area contributed by atoms with Gasteiger partial charge in [0.25, 0.3) is 0 Å². The normalized spacial score (nSPS) is 12.2. The number of halogens is 1. The van der Waals surface area contributed by atoms with Gasteiger partial charge in [0, 0.05) is 5.69 Å². The van der Waals surface area contributed by atoms with Gasteiger partial charge in [0.05, 0.1) is 20.8 Å². The summed E-state index contributed by atoms with van der Waals surface area (Å²) in [4.78, 5) is 15.1. The van der Waals surface area contributed by atoms with E-state index in [0.717, 1.165) is 0 Å². The van der Waals surface area contributed by atoms with Crippen LogP contribution in [0.5, 0.6) is 0 Å². The molecule has 1 atom stereocenters. The van der Waals surface area contributed by atoms with Crippen molar-refractivity contribution in [1.82, 2.24) is 4.98 Å². The highest BCUT2D eigenvalue weighted by Gasteiger charge is 2.15. The first kappa shape index (κ1) is 10.2. The molecule has 0 amide bonds. The molecule has 3 nitrogen and oxygen atoms in total. The van der Waals surface area contributed by atoms with Crippen LogP contribution < -0.4 is 0 Å². The zero-order valence-corrected chi connectivity index (χ0v) is 8.61. The van der Waals surface area contributed by atoms with Gasteiger partial charge in [-0.1, -0.05) is 6.07 Å². The van der Waals surface area contributed by atoms with Crippen molar-refractivity contribution in [1.29, 1.82) is 0 Å². The summed E-state index contributed by atoms with van der Waals surface area (Å²) in [7, 11) is 6.85. The number of ether oxygens (including phenoxy) is 1. The maximum Gasteiger partial charge on any atom is 0.305 e. The monoisotopic (exact) mass is 239 g/mol. The van der Waals surface area contributed by atoms with Crippen molar-refractivity contribution in [2.45, 2.75) is 5.82 Å². The summed E-state index contributed by atoms with van der Waals surface area (Å²) in [5.74, 6) is -1.31. The molecular weight excluding hydrogens is 233 g/mol. The molecule has 0 aliphatic rings. The lowest BCUT2D eigenvalue weighted by Gasteiger charge is -2.08. The number of methoxy groups -OCH3 is 1. The van der Waals surface area contributed by atoms with Gasteiger partial charge in [-0.15, -0.1) is 0 Å². The molecule has 5 heteroatoms. The summed E-state index contributed by atoms with van der Waals surface area (Å²) in [6.45, 7) is 0. The lowest BCUT2D eigenvalue weighted by molar-refractivity contribution is -0.140. The molecule has 0 saturated carbocycles. The van der Waals surface area contributed by atoms with Crippen LogP contribution in [0, 0.1) is 0 Å². The molecule has 13 heavy (non-hydrogen) atoms. The number of aromatic nitrogens is 1. The second-order valence-corrected chi connectivity index (χ2v) is 3.20. The van der Waals surface area contributed by atoms with E-state index in [4.69, 9.17) is 7.85 Å². The predicted octanol–water partition coefficient (Wildman–Crippen LogP) is 1.23. The van der Waals surface area contributed by atoms with Crippen LogP contribution in [-0.4, -0.2) is 25.9 Å². The lowest BCUT2D eigenvalue weighted by atomic mass is 9.84. The van der Waals surface area contributed by atoms with Gasteiger partial charge in [-0.05, 0) is 28.1 Å². The average Bonchev–Trinajstić information content (AvgIpc) is 2.15. The van der Waals surface area contributed by atoms with E-state index >= 15 is 0 Å². The predicted molar refractivity (Wildman–Crippen MR) is 52.4 cm³/mol. The third kappa shape index (κ3) is 2.55. The molecule has 0 spiro atoms. The van der Waals surface area contributed by atoms with Crippen molar-refractivity contribution in [3.05, 3.63) is 28.5 Å². The van der Waals surface area contributed by atoms with Gasteiger partial charge in [0.2, 0.25) is 0 Å². The fraction of sp³-hybridized carbons (Fsp3) is 0.250. The van der Waals surface area contributed by atoms with Crippen LogP contribution in [0.1, 0.15) is 11.5 Å². The third-order valence-electron chi connectivity index (χ3n) is 1.51. The molecule has 0 aromatic carbocycles. The molecule has 1 unspecified atom stereocenters. The third-order valence-corrected chi connectivity index (χ3v) is 1.95. The molecule has 2 radical (unpaired) electrons. The number of hydrogen-bond donors (Lipinski definition) is 0. The minimum absolute atomic E-state index is 0.487. The zero-order valence-electron chi connectivity index (χ0n) is 7.03. The number of esters is 1. The fourth-order valence-electron chi connectivity index (χ4n) is 0.845. The highest BCUT2D eigenvalue weighted by molar-refractivity contribution is 9.10. The van der Waals surface area contributed by atoms with Gasteiger partial charge in [0.1, 0.15) is 4.60 Å². The Morgan fingerprint density at radius 3 is 2.92 bits per heavy atom. The first-order valence-corrected chi connectivity index (χ1v) is 4.40. The van der Waals surface area contributed by atoms with E-state index in [1.54, 1.807) is 18.2 Å². The number of carbonyl (C=O) groups is 1. The number of pyridine rings is 1. The maximum absolute atomic E-state index is 11.0. The van der Waals surface area contributed by atoms with E-state index in [-0.39, 0.29) is 0 Å². The number of nitrogens with zero attached hydrogens (tertiary/aromatic N) is 1. The summed E-state index contributed by atoms with van der Waals surface area (Å²) in [6.07, 6.45) is 0. The molecule has 66 valence electrons. The van der Waals surface area contributed by atoms with Crippen LogP contribution in [0.4, 0.5) is 0 Å². The summed E-state index contributed by atoms with van der Waals surface area (Å²) >= 11 is 3.18. The Labute approximate surface area is 86.0 Å². The van der Waals surface area contributed by atoms with E-state index in [2.05, 4.69) is 25.7 Å². The Hall–Kier alpha value is -0.835. The SMILES string of the molecule is [B]C(C(=O)OC)c1cccc(Br)n1. The smallest absolute Gasteiger partial charge is 0.305 e. The molecule has 1 aromatic rings. The molecule has 0 fully saturated rings. The van der Waals surface area contributed by atoms with Gasteiger partial charge in [-0.3, -0.25) is 4.79 Å². The summed E-state index contributed by atoms with van der Waals surface area (Å²) in [5, 5.41) is 0. The van der Waals surface area contributed by atoms with E-state index in [1.165, 1.54) is 7.11 Å². The average molecular weight is 240 g/mol. The first-order chi connectivity index (χ1) is 6.15. The van der Waals surface area contributed by atoms with Crippen molar-refractivity contribution < 1.29 is 9.53 Å². The maximum atomic E-state index is 11.0. The molecule has 1 aromatic heterocycles. The largest absolute Gasteiger partial charge is 0.469 e. The molecule has 1 rings (SSSR count). The van der Waals surface area contributed by atoms with Crippen LogP contribution in [0.3, 0.4) is 0 Å². The number of hydrogen-bond acceptors (Lipinski definition) is 3. The Morgan fingerprint density at radius 1 is 1.69 bits per heavy atom. The van der Waals surface area contributed by atoms with Crippen molar-refractivity contribution in [3.63, 3.8) is 0 Å². The summed E-state index contributed by atoms with van der Waals surface area (Å²) < 4.78 is 5.13. The van der Waals surface area contributed by atoms with Gasteiger partial charge in [0.15, 0.2) is 0 Å². The zero-order chi connectivity index (χ0) is 9.84. The second kappa shape index (κ2) is 4.41. The topological polar surface area (TPSA) is 39.2 Å². The molecule has 1 heterocycles. The van der Waals surface area contributed by atoms with Crippen molar-refractivity contribution in [2.24, 2.45) is 0 Å². The molecule has 0 saturated heterocycles.